The molecule has 3 N–H and O–H groups in total. The summed E-state index contributed by atoms with van der Waals surface area (Å²) in [7, 11) is 0. The molecule has 1 amide bonds. The number of amides is 1. The Hall–Kier alpha value is -2.36. The van der Waals surface area contributed by atoms with Crippen molar-refractivity contribution in [1.82, 2.24) is 4.98 Å². The molecule has 0 aliphatic rings. The second-order valence-corrected chi connectivity index (χ2v) is 3.73. The van der Waals surface area contributed by atoms with Gasteiger partial charge in [0.15, 0.2) is 0 Å². The molecule has 0 spiro atoms. The Morgan fingerprint density at radius 3 is 2.76 bits per heavy atom. The van der Waals surface area contributed by atoms with Crippen LogP contribution in [0.1, 0.15) is 16.1 Å². The maximum atomic E-state index is 11.9. The first kappa shape index (κ1) is 11.1. The minimum atomic E-state index is -0.214. The van der Waals surface area contributed by atoms with Crippen LogP contribution in [0.15, 0.2) is 42.6 Å². The Balaban J connectivity index is 2.20. The van der Waals surface area contributed by atoms with E-state index in [1.165, 1.54) is 0 Å². The fourth-order valence-electron chi connectivity index (χ4n) is 1.53. The van der Waals surface area contributed by atoms with Crippen LogP contribution in [-0.4, -0.2) is 10.9 Å². The smallest absolute Gasteiger partial charge is 0.257 e. The van der Waals surface area contributed by atoms with Crippen molar-refractivity contribution >= 4 is 17.3 Å². The molecule has 1 aromatic carbocycles. The molecule has 0 saturated heterocycles. The van der Waals surface area contributed by atoms with E-state index in [0.717, 1.165) is 5.69 Å². The molecule has 1 aromatic heterocycles. The average molecular weight is 227 g/mol. The van der Waals surface area contributed by atoms with Gasteiger partial charge in [0.25, 0.3) is 5.91 Å². The van der Waals surface area contributed by atoms with Crippen LogP contribution < -0.4 is 11.1 Å². The molecule has 2 aromatic rings. The number of hydrogen-bond acceptors (Lipinski definition) is 3. The first-order chi connectivity index (χ1) is 8.16. The number of pyridine rings is 1. The first-order valence-corrected chi connectivity index (χ1v) is 5.25. The van der Waals surface area contributed by atoms with Gasteiger partial charge in [0, 0.05) is 23.3 Å². The van der Waals surface area contributed by atoms with E-state index in [9.17, 15) is 4.79 Å². The van der Waals surface area contributed by atoms with Gasteiger partial charge in [-0.2, -0.15) is 0 Å². The molecule has 0 bridgehead atoms. The van der Waals surface area contributed by atoms with E-state index in [1.54, 1.807) is 42.6 Å². The Morgan fingerprint density at radius 2 is 2.06 bits per heavy atom. The number of nitrogens with two attached hydrogens (primary N) is 1. The monoisotopic (exact) mass is 227 g/mol. The number of anilines is 2. The molecule has 0 aliphatic heterocycles. The Labute approximate surface area is 99.5 Å². The Kier molecular flexibility index (Phi) is 3.05. The lowest BCUT2D eigenvalue weighted by atomic mass is 10.1. The van der Waals surface area contributed by atoms with Crippen LogP contribution in [0.3, 0.4) is 0 Å². The highest BCUT2D eigenvalue weighted by molar-refractivity contribution is 6.07. The fourth-order valence-corrected chi connectivity index (χ4v) is 1.53. The summed E-state index contributed by atoms with van der Waals surface area (Å²) in [5.74, 6) is -0.214. The minimum absolute atomic E-state index is 0.214. The maximum Gasteiger partial charge on any atom is 0.257 e. The second kappa shape index (κ2) is 4.65. The third-order valence-corrected chi connectivity index (χ3v) is 2.36. The first-order valence-electron chi connectivity index (χ1n) is 5.25. The van der Waals surface area contributed by atoms with E-state index in [2.05, 4.69) is 10.3 Å². The molecule has 0 atom stereocenters. The summed E-state index contributed by atoms with van der Waals surface area (Å²) < 4.78 is 0. The largest absolute Gasteiger partial charge is 0.398 e. The van der Waals surface area contributed by atoms with Crippen molar-refractivity contribution < 1.29 is 4.79 Å². The lowest BCUT2D eigenvalue weighted by Crippen LogP contribution is -2.14. The third-order valence-electron chi connectivity index (χ3n) is 2.36. The number of aryl methyl sites for hydroxylation is 1. The van der Waals surface area contributed by atoms with Gasteiger partial charge < -0.3 is 11.1 Å². The van der Waals surface area contributed by atoms with Gasteiger partial charge in [-0.15, -0.1) is 0 Å². The number of carbonyl (C=O) groups excluding carboxylic acids is 1. The van der Waals surface area contributed by atoms with Gasteiger partial charge in [-0.05, 0) is 31.2 Å². The van der Waals surface area contributed by atoms with Gasteiger partial charge in [-0.3, -0.25) is 9.78 Å². The molecule has 2 rings (SSSR count). The third kappa shape index (κ3) is 2.60. The standard InChI is InChI=1S/C13H13N3O/c1-9-8-10(6-7-15-9)16-13(17)11-4-2-3-5-12(11)14/h2-8H,14H2,1H3,(H,15,16,17). The van der Waals surface area contributed by atoms with Crippen molar-refractivity contribution in [1.29, 1.82) is 0 Å². The molecule has 0 saturated carbocycles. The molecule has 4 nitrogen and oxygen atoms in total. The number of benzene rings is 1. The number of carbonyl (C=O) groups is 1. The van der Waals surface area contributed by atoms with E-state index < -0.39 is 0 Å². The van der Waals surface area contributed by atoms with E-state index in [1.807, 2.05) is 6.92 Å². The summed E-state index contributed by atoms with van der Waals surface area (Å²) in [6, 6.07) is 10.5. The number of para-hydroxylation sites is 1. The van der Waals surface area contributed by atoms with Crippen LogP contribution in [0.4, 0.5) is 11.4 Å². The predicted octanol–water partition coefficient (Wildman–Crippen LogP) is 2.22. The maximum absolute atomic E-state index is 11.9. The van der Waals surface area contributed by atoms with Crippen LogP contribution in [0.2, 0.25) is 0 Å². The van der Waals surface area contributed by atoms with Gasteiger partial charge in [0.05, 0.1) is 5.56 Å². The lowest BCUT2D eigenvalue weighted by Gasteiger charge is -2.07. The van der Waals surface area contributed by atoms with E-state index >= 15 is 0 Å². The molecular weight excluding hydrogens is 214 g/mol. The fraction of sp³-hybridized carbons (Fsp3) is 0.0769. The topological polar surface area (TPSA) is 68.0 Å². The van der Waals surface area contributed by atoms with Gasteiger partial charge in [-0.25, -0.2) is 0 Å². The highest BCUT2D eigenvalue weighted by Gasteiger charge is 2.08. The number of nitrogens with one attached hydrogen (secondary N) is 1. The SMILES string of the molecule is Cc1cc(NC(=O)c2ccccc2N)ccn1. The van der Waals surface area contributed by atoms with Gasteiger partial charge in [0.2, 0.25) is 0 Å². The predicted molar refractivity (Wildman–Crippen MR) is 67.8 cm³/mol. The van der Waals surface area contributed by atoms with Crippen LogP contribution in [-0.2, 0) is 0 Å². The summed E-state index contributed by atoms with van der Waals surface area (Å²) in [5, 5.41) is 2.78. The molecular formula is C13H13N3O. The minimum Gasteiger partial charge on any atom is -0.398 e. The zero-order valence-electron chi connectivity index (χ0n) is 9.47. The van der Waals surface area contributed by atoms with Crippen molar-refractivity contribution in [3.05, 3.63) is 53.9 Å². The van der Waals surface area contributed by atoms with E-state index in [4.69, 9.17) is 5.73 Å². The number of rotatable bonds is 2. The van der Waals surface area contributed by atoms with Gasteiger partial charge in [-0.1, -0.05) is 12.1 Å². The van der Waals surface area contributed by atoms with Crippen LogP contribution in [0.25, 0.3) is 0 Å². The molecule has 4 heteroatoms. The van der Waals surface area contributed by atoms with Crippen LogP contribution >= 0.6 is 0 Å². The number of aromatic nitrogens is 1. The molecule has 1 heterocycles. The molecule has 0 fully saturated rings. The lowest BCUT2D eigenvalue weighted by molar-refractivity contribution is 0.102. The molecule has 86 valence electrons. The highest BCUT2D eigenvalue weighted by Crippen LogP contribution is 2.14. The summed E-state index contributed by atoms with van der Waals surface area (Å²) in [6.45, 7) is 1.87. The van der Waals surface area contributed by atoms with Crippen molar-refractivity contribution in [2.45, 2.75) is 6.92 Å². The quantitative estimate of drug-likeness (QED) is 0.773. The van der Waals surface area contributed by atoms with E-state index in [0.29, 0.717) is 16.9 Å². The molecule has 0 unspecified atom stereocenters. The summed E-state index contributed by atoms with van der Waals surface area (Å²) in [5.41, 5.74) is 8.24. The second-order valence-electron chi connectivity index (χ2n) is 3.73. The number of hydrogen-bond donors (Lipinski definition) is 2. The highest BCUT2D eigenvalue weighted by atomic mass is 16.1. The zero-order chi connectivity index (χ0) is 12.3. The Morgan fingerprint density at radius 1 is 1.29 bits per heavy atom. The van der Waals surface area contributed by atoms with Crippen molar-refractivity contribution in [2.75, 3.05) is 11.1 Å². The van der Waals surface area contributed by atoms with Crippen LogP contribution in [0.5, 0.6) is 0 Å². The zero-order valence-corrected chi connectivity index (χ0v) is 9.47. The summed E-state index contributed by atoms with van der Waals surface area (Å²) in [6.07, 6.45) is 1.65. The summed E-state index contributed by atoms with van der Waals surface area (Å²) in [4.78, 5) is 16.0. The Bertz CT molecular complexity index is 552. The average Bonchev–Trinajstić information content (AvgIpc) is 2.29. The summed E-state index contributed by atoms with van der Waals surface area (Å²) >= 11 is 0. The van der Waals surface area contributed by atoms with Gasteiger partial charge in [0.1, 0.15) is 0 Å². The van der Waals surface area contributed by atoms with Gasteiger partial charge >= 0.3 is 0 Å². The number of nitrogens with zero attached hydrogens (tertiary/aromatic N) is 1. The normalized spacial score (nSPS) is 9.94. The van der Waals surface area contributed by atoms with E-state index in [-0.39, 0.29) is 5.91 Å². The molecule has 0 radical (unpaired) electrons. The molecule has 0 aliphatic carbocycles. The van der Waals surface area contributed by atoms with Crippen molar-refractivity contribution in [3.63, 3.8) is 0 Å². The van der Waals surface area contributed by atoms with Crippen molar-refractivity contribution in [2.24, 2.45) is 0 Å². The molecule has 17 heavy (non-hydrogen) atoms. The van der Waals surface area contributed by atoms with Crippen molar-refractivity contribution in [3.8, 4) is 0 Å². The van der Waals surface area contributed by atoms with Crippen LogP contribution in [0, 0.1) is 6.92 Å². The number of nitrogen functional groups attached to an aromatic ring is 1.